The molecule has 0 saturated heterocycles. The maximum atomic E-state index is 12.0. The molecule has 3 aromatic rings. The summed E-state index contributed by atoms with van der Waals surface area (Å²) in [5.41, 5.74) is 1.69. The summed E-state index contributed by atoms with van der Waals surface area (Å²) in [6.07, 6.45) is 0.229. The van der Waals surface area contributed by atoms with Crippen LogP contribution in [-0.4, -0.2) is 10.9 Å². The Hall–Kier alpha value is -1.62. The quantitative estimate of drug-likeness (QED) is 0.747. The van der Waals surface area contributed by atoms with E-state index in [2.05, 4.69) is 10.3 Å². The summed E-state index contributed by atoms with van der Waals surface area (Å²) in [6.45, 7) is 0. The minimum atomic E-state index is -0.132. The Morgan fingerprint density at radius 3 is 2.71 bits per heavy atom. The van der Waals surface area contributed by atoms with E-state index in [1.807, 2.05) is 24.3 Å². The van der Waals surface area contributed by atoms with Gasteiger partial charge in [-0.05, 0) is 29.8 Å². The first-order chi connectivity index (χ1) is 10.1. The van der Waals surface area contributed by atoms with Crippen molar-refractivity contribution in [3.63, 3.8) is 0 Å². The zero-order valence-electron chi connectivity index (χ0n) is 10.8. The lowest BCUT2D eigenvalue weighted by molar-refractivity contribution is -0.115. The summed E-state index contributed by atoms with van der Waals surface area (Å²) in [5, 5.41) is 4.33. The number of para-hydroxylation sites is 1. The van der Waals surface area contributed by atoms with E-state index < -0.39 is 0 Å². The Balaban J connectivity index is 1.72. The maximum Gasteiger partial charge on any atom is 0.230 e. The number of benzene rings is 2. The summed E-state index contributed by atoms with van der Waals surface area (Å²) in [7, 11) is 0. The van der Waals surface area contributed by atoms with Crippen molar-refractivity contribution in [2.75, 3.05) is 5.32 Å². The van der Waals surface area contributed by atoms with Gasteiger partial charge in [-0.3, -0.25) is 4.79 Å². The first kappa shape index (κ1) is 14.3. The molecule has 1 heterocycles. The number of hydrogen-bond acceptors (Lipinski definition) is 3. The number of halogens is 2. The Bertz CT molecular complexity index is 783. The Kier molecular flexibility index (Phi) is 4.10. The standard InChI is InChI=1S/C15H10Cl2N2OS/c16-10-6-5-9(7-11(10)17)8-14(20)19-15-18-12-3-1-2-4-13(12)21-15/h1-7H,8H2,(H,18,19,20). The van der Waals surface area contributed by atoms with Gasteiger partial charge in [-0.25, -0.2) is 4.98 Å². The van der Waals surface area contributed by atoms with Crippen LogP contribution in [0, 0.1) is 0 Å². The number of nitrogens with zero attached hydrogens (tertiary/aromatic N) is 1. The largest absolute Gasteiger partial charge is 0.302 e. The molecule has 2 aromatic carbocycles. The van der Waals surface area contributed by atoms with Crippen LogP contribution in [0.1, 0.15) is 5.56 Å². The van der Waals surface area contributed by atoms with Crippen LogP contribution >= 0.6 is 34.5 Å². The van der Waals surface area contributed by atoms with Crippen LogP contribution in [0.25, 0.3) is 10.2 Å². The second-order valence-corrected chi connectivity index (χ2v) is 6.31. The molecule has 1 amide bonds. The number of aromatic nitrogens is 1. The normalized spacial score (nSPS) is 10.8. The summed E-state index contributed by atoms with van der Waals surface area (Å²) in [6, 6.07) is 12.9. The van der Waals surface area contributed by atoms with E-state index in [9.17, 15) is 4.79 Å². The summed E-state index contributed by atoms with van der Waals surface area (Å²) >= 11 is 13.2. The molecule has 3 nitrogen and oxygen atoms in total. The number of carbonyl (C=O) groups excluding carboxylic acids is 1. The summed E-state index contributed by atoms with van der Waals surface area (Å²) < 4.78 is 1.04. The summed E-state index contributed by atoms with van der Waals surface area (Å²) in [5.74, 6) is -0.132. The van der Waals surface area contributed by atoms with E-state index in [4.69, 9.17) is 23.2 Å². The van der Waals surface area contributed by atoms with E-state index in [1.165, 1.54) is 11.3 Å². The van der Waals surface area contributed by atoms with Crippen LogP contribution in [0.4, 0.5) is 5.13 Å². The fourth-order valence-corrected chi connectivity index (χ4v) is 3.13. The molecule has 0 bridgehead atoms. The number of rotatable bonds is 3. The Morgan fingerprint density at radius 2 is 1.95 bits per heavy atom. The van der Waals surface area contributed by atoms with Crippen molar-refractivity contribution in [3.05, 3.63) is 58.1 Å². The predicted octanol–water partition coefficient (Wildman–Crippen LogP) is 4.78. The molecule has 0 unspecified atom stereocenters. The monoisotopic (exact) mass is 336 g/mol. The highest BCUT2D eigenvalue weighted by Crippen LogP contribution is 2.26. The zero-order valence-corrected chi connectivity index (χ0v) is 13.1. The molecule has 3 rings (SSSR count). The molecule has 0 fully saturated rings. The number of thiazole rings is 1. The Labute approximate surface area is 135 Å². The maximum absolute atomic E-state index is 12.0. The van der Waals surface area contributed by atoms with Gasteiger partial charge >= 0.3 is 0 Å². The number of amides is 1. The van der Waals surface area contributed by atoms with Gasteiger partial charge in [0.15, 0.2) is 5.13 Å². The second kappa shape index (κ2) is 6.02. The van der Waals surface area contributed by atoms with Gasteiger partial charge in [0.1, 0.15) is 0 Å². The molecule has 21 heavy (non-hydrogen) atoms. The third-order valence-electron chi connectivity index (χ3n) is 2.89. The van der Waals surface area contributed by atoms with Gasteiger partial charge in [0.25, 0.3) is 0 Å². The molecular weight excluding hydrogens is 327 g/mol. The minimum absolute atomic E-state index is 0.132. The van der Waals surface area contributed by atoms with Gasteiger partial charge in [-0.1, -0.05) is 52.7 Å². The van der Waals surface area contributed by atoms with Crippen LogP contribution in [0.5, 0.6) is 0 Å². The van der Waals surface area contributed by atoms with E-state index in [1.54, 1.807) is 18.2 Å². The molecular formula is C15H10Cl2N2OS. The molecule has 0 radical (unpaired) electrons. The molecule has 1 N–H and O–H groups in total. The van der Waals surface area contributed by atoms with Gasteiger partial charge in [-0.15, -0.1) is 0 Å². The van der Waals surface area contributed by atoms with E-state index in [0.717, 1.165) is 15.8 Å². The lowest BCUT2D eigenvalue weighted by Gasteiger charge is -2.03. The van der Waals surface area contributed by atoms with E-state index in [-0.39, 0.29) is 12.3 Å². The minimum Gasteiger partial charge on any atom is -0.302 e. The van der Waals surface area contributed by atoms with Gasteiger partial charge < -0.3 is 5.32 Å². The molecule has 0 aliphatic carbocycles. The van der Waals surface area contributed by atoms with Gasteiger partial charge in [0.2, 0.25) is 5.91 Å². The van der Waals surface area contributed by atoms with E-state index >= 15 is 0 Å². The lowest BCUT2D eigenvalue weighted by atomic mass is 10.1. The number of nitrogens with one attached hydrogen (secondary N) is 1. The summed E-state index contributed by atoms with van der Waals surface area (Å²) in [4.78, 5) is 16.4. The molecule has 1 aromatic heterocycles. The smallest absolute Gasteiger partial charge is 0.230 e. The number of carbonyl (C=O) groups is 1. The van der Waals surface area contributed by atoms with Gasteiger partial charge in [0.05, 0.1) is 26.7 Å². The van der Waals surface area contributed by atoms with Gasteiger partial charge in [-0.2, -0.15) is 0 Å². The average Bonchev–Trinajstić information content (AvgIpc) is 2.84. The van der Waals surface area contributed by atoms with Crippen molar-refractivity contribution in [1.82, 2.24) is 4.98 Å². The first-order valence-corrected chi connectivity index (χ1v) is 7.78. The highest BCUT2D eigenvalue weighted by molar-refractivity contribution is 7.22. The van der Waals surface area contributed by atoms with Crippen LogP contribution in [-0.2, 0) is 11.2 Å². The molecule has 0 spiro atoms. The average molecular weight is 337 g/mol. The second-order valence-electron chi connectivity index (χ2n) is 4.46. The van der Waals surface area contributed by atoms with Crippen LogP contribution < -0.4 is 5.32 Å². The number of anilines is 1. The highest BCUT2D eigenvalue weighted by atomic mass is 35.5. The first-order valence-electron chi connectivity index (χ1n) is 6.21. The molecule has 0 aliphatic heterocycles. The van der Waals surface area contributed by atoms with Crippen molar-refractivity contribution < 1.29 is 4.79 Å². The van der Waals surface area contributed by atoms with Gasteiger partial charge in [0, 0.05) is 0 Å². The fourth-order valence-electron chi connectivity index (χ4n) is 1.92. The Morgan fingerprint density at radius 1 is 1.14 bits per heavy atom. The molecule has 6 heteroatoms. The van der Waals surface area contributed by atoms with Crippen molar-refractivity contribution in [2.24, 2.45) is 0 Å². The SMILES string of the molecule is O=C(Cc1ccc(Cl)c(Cl)c1)Nc1nc2ccccc2s1. The fraction of sp³-hybridized carbons (Fsp3) is 0.0667. The van der Waals surface area contributed by atoms with Crippen molar-refractivity contribution in [1.29, 1.82) is 0 Å². The number of fused-ring (bicyclic) bond motifs is 1. The van der Waals surface area contributed by atoms with Crippen LogP contribution in [0.15, 0.2) is 42.5 Å². The van der Waals surface area contributed by atoms with Crippen molar-refractivity contribution in [2.45, 2.75) is 6.42 Å². The number of hydrogen-bond donors (Lipinski definition) is 1. The third-order valence-corrected chi connectivity index (χ3v) is 4.58. The molecule has 0 atom stereocenters. The zero-order chi connectivity index (χ0) is 14.8. The molecule has 106 valence electrons. The lowest BCUT2D eigenvalue weighted by Crippen LogP contribution is -2.14. The van der Waals surface area contributed by atoms with Crippen molar-refractivity contribution >= 4 is 55.8 Å². The third kappa shape index (κ3) is 3.35. The van der Waals surface area contributed by atoms with Crippen molar-refractivity contribution in [3.8, 4) is 0 Å². The van der Waals surface area contributed by atoms with E-state index in [0.29, 0.717) is 15.2 Å². The topological polar surface area (TPSA) is 42.0 Å². The molecule has 0 aliphatic rings. The highest BCUT2D eigenvalue weighted by Gasteiger charge is 2.09. The molecule has 0 saturated carbocycles. The van der Waals surface area contributed by atoms with Crippen LogP contribution in [0.3, 0.4) is 0 Å². The predicted molar refractivity (Wildman–Crippen MR) is 88.4 cm³/mol. The van der Waals surface area contributed by atoms with Crippen LogP contribution in [0.2, 0.25) is 10.0 Å².